The molecule has 116 valence electrons. The van der Waals surface area contributed by atoms with Gasteiger partial charge in [0.15, 0.2) is 0 Å². The highest BCUT2D eigenvalue weighted by Gasteiger charge is 2.09. The molecule has 0 atom stereocenters. The number of nitrogens with zero attached hydrogens (tertiary/aromatic N) is 1. The van der Waals surface area contributed by atoms with Crippen LogP contribution in [0.3, 0.4) is 0 Å². The second-order valence-corrected chi connectivity index (χ2v) is 5.39. The number of carboxylic acid groups (broad SMARTS) is 1. The van der Waals surface area contributed by atoms with Crippen LogP contribution in [0.15, 0.2) is 54.6 Å². The third-order valence-electron chi connectivity index (χ3n) is 3.77. The first-order valence-electron chi connectivity index (χ1n) is 7.41. The third kappa shape index (κ3) is 3.48. The Bertz CT molecular complexity index is 858. The molecule has 0 amide bonds. The highest BCUT2D eigenvalue weighted by Crippen LogP contribution is 2.23. The van der Waals surface area contributed by atoms with Crippen molar-refractivity contribution in [1.29, 1.82) is 0 Å². The molecule has 1 N–H and O–H groups in total. The molecule has 0 fully saturated rings. The molecule has 4 nitrogen and oxygen atoms in total. The highest BCUT2D eigenvalue weighted by molar-refractivity contribution is 5.78. The van der Waals surface area contributed by atoms with E-state index in [0.29, 0.717) is 12.4 Å². The molecular formula is C19H17NO3. The van der Waals surface area contributed by atoms with Crippen LogP contribution in [0.25, 0.3) is 10.9 Å². The maximum absolute atomic E-state index is 10.9. The number of aliphatic carboxylic acids is 1. The smallest absolute Gasteiger partial charge is 0.307 e. The van der Waals surface area contributed by atoms with Gasteiger partial charge in [0.1, 0.15) is 12.4 Å². The number of para-hydroxylation sites is 1. The zero-order valence-corrected chi connectivity index (χ0v) is 12.8. The van der Waals surface area contributed by atoms with Gasteiger partial charge >= 0.3 is 5.97 Å². The minimum absolute atomic E-state index is 0.00272. The molecule has 0 saturated heterocycles. The monoisotopic (exact) mass is 307 g/mol. The summed E-state index contributed by atoms with van der Waals surface area (Å²) in [6.07, 6.45) is -0.00272. The van der Waals surface area contributed by atoms with E-state index in [9.17, 15) is 4.79 Å². The Morgan fingerprint density at radius 1 is 1.09 bits per heavy atom. The van der Waals surface area contributed by atoms with E-state index in [1.807, 2.05) is 61.5 Å². The van der Waals surface area contributed by atoms with Crippen molar-refractivity contribution in [1.82, 2.24) is 4.98 Å². The lowest BCUT2D eigenvalue weighted by Crippen LogP contribution is -2.04. The fraction of sp³-hybridized carbons (Fsp3) is 0.158. The molecular weight excluding hydrogens is 290 g/mol. The number of carbonyl (C=O) groups is 1. The molecule has 1 aromatic heterocycles. The summed E-state index contributed by atoms with van der Waals surface area (Å²) in [6, 6.07) is 17.4. The Morgan fingerprint density at radius 2 is 1.91 bits per heavy atom. The van der Waals surface area contributed by atoms with Crippen LogP contribution in [0.1, 0.15) is 16.8 Å². The Morgan fingerprint density at radius 3 is 2.74 bits per heavy atom. The van der Waals surface area contributed by atoms with E-state index in [2.05, 4.69) is 4.98 Å². The van der Waals surface area contributed by atoms with E-state index >= 15 is 0 Å². The molecule has 23 heavy (non-hydrogen) atoms. The molecule has 2 aromatic carbocycles. The van der Waals surface area contributed by atoms with Crippen LogP contribution in [0.4, 0.5) is 0 Å². The number of aromatic nitrogens is 1. The zero-order chi connectivity index (χ0) is 16.2. The Hall–Kier alpha value is -2.88. The third-order valence-corrected chi connectivity index (χ3v) is 3.77. The van der Waals surface area contributed by atoms with Gasteiger partial charge in [0.25, 0.3) is 0 Å². The number of benzene rings is 2. The molecule has 0 unspecified atom stereocenters. The van der Waals surface area contributed by atoms with Crippen LogP contribution >= 0.6 is 0 Å². The van der Waals surface area contributed by atoms with Crippen LogP contribution in [-0.4, -0.2) is 16.1 Å². The lowest BCUT2D eigenvalue weighted by atomic mass is 10.1. The second kappa shape index (κ2) is 6.48. The quantitative estimate of drug-likeness (QED) is 0.780. The fourth-order valence-corrected chi connectivity index (χ4v) is 2.51. The van der Waals surface area contributed by atoms with Gasteiger partial charge in [-0.15, -0.1) is 0 Å². The Labute approximate surface area is 134 Å². The van der Waals surface area contributed by atoms with Gasteiger partial charge in [0.05, 0.1) is 17.6 Å². The summed E-state index contributed by atoms with van der Waals surface area (Å²) >= 11 is 0. The lowest BCUT2D eigenvalue weighted by molar-refractivity contribution is -0.136. The Kier molecular flexibility index (Phi) is 4.24. The molecule has 0 aliphatic heterocycles. The summed E-state index contributed by atoms with van der Waals surface area (Å²) in [5.74, 6) is -0.153. The summed E-state index contributed by atoms with van der Waals surface area (Å²) < 4.78 is 5.84. The maximum atomic E-state index is 10.9. The molecule has 0 saturated carbocycles. The van der Waals surface area contributed by atoms with Crippen molar-refractivity contribution < 1.29 is 14.6 Å². The molecule has 0 spiro atoms. The number of hydrogen-bond donors (Lipinski definition) is 1. The molecule has 0 aliphatic carbocycles. The summed E-state index contributed by atoms with van der Waals surface area (Å²) in [4.78, 5) is 15.5. The van der Waals surface area contributed by atoms with Gasteiger partial charge in [0.2, 0.25) is 0 Å². The first-order valence-corrected chi connectivity index (χ1v) is 7.41. The number of pyridine rings is 1. The molecule has 0 bridgehead atoms. The fourth-order valence-electron chi connectivity index (χ4n) is 2.51. The van der Waals surface area contributed by atoms with E-state index in [1.54, 1.807) is 0 Å². The minimum Gasteiger partial charge on any atom is -0.487 e. The van der Waals surface area contributed by atoms with Gasteiger partial charge in [-0.05, 0) is 36.2 Å². The van der Waals surface area contributed by atoms with Crippen molar-refractivity contribution in [3.05, 3.63) is 71.4 Å². The van der Waals surface area contributed by atoms with E-state index in [0.717, 1.165) is 27.7 Å². The first kappa shape index (κ1) is 15.0. The molecule has 3 rings (SSSR count). The zero-order valence-electron chi connectivity index (χ0n) is 12.8. The summed E-state index contributed by atoms with van der Waals surface area (Å²) in [5.41, 5.74) is 3.40. The predicted molar refractivity (Wildman–Crippen MR) is 88.6 cm³/mol. The van der Waals surface area contributed by atoms with Crippen LogP contribution in [-0.2, 0) is 17.8 Å². The molecule has 4 heteroatoms. The van der Waals surface area contributed by atoms with Crippen molar-refractivity contribution in [2.75, 3.05) is 0 Å². The SMILES string of the molecule is Cc1c(CC(=O)O)cccc1OCc1ccc2ccccc2n1. The number of carboxylic acids is 1. The average molecular weight is 307 g/mol. The molecule has 0 aliphatic rings. The molecule has 3 aromatic rings. The van der Waals surface area contributed by atoms with Gasteiger partial charge in [0, 0.05) is 5.39 Å². The molecule has 0 radical (unpaired) electrons. The van der Waals surface area contributed by atoms with Crippen LogP contribution in [0, 0.1) is 6.92 Å². The van der Waals surface area contributed by atoms with E-state index in [4.69, 9.17) is 9.84 Å². The lowest BCUT2D eigenvalue weighted by Gasteiger charge is -2.12. The van der Waals surface area contributed by atoms with E-state index in [-0.39, 0.29) is 6.42 Å². The van der Waals surface area contributed by atoms with Crippen LogP contribution in [0.5, 0.6) is 5.75 Å². The van der Waals surface area contributed by atoms with Crippen molar-refractivity contribution in [3.63, 3.8) is 0 Å². The predicted octanol–water partition coefficient (Wildman–Crippen LogP) is 3.75. The van der Waals surface area contributed by atoms with E-state index < -0.39 is 5.97 Å². The minimum atomic E-state index is -0.846. The highest BCUT2D eigenvalue weighted by atomic mass is 16.5. The average Bonchev–Trinajstić information content (AvgIpc) is 2.55. The van der Waals surface area contributed by atoms with E-state index in [1.165, 1.54) is 0 Å². The molecule has 1 heterocycles. The Balaban J connectivity index is 1.78. The largest absolute Gasteiger partial charge is 0.487 e. The number of ether oxygens (including phenoxy) is 1. The normalized spacial score (nSPS) is 10.7. The van der Waals surface area contributed by atoms with Gasteiger partial charge in [-0.1, -0.05) is 36.4 Å². The second-order valence-electron chi connectivity index (χ2n) is 5.39. The topological polar surface area (TPSA) is 59.4 Å². The summed E-state index contributed by atoms with van der Waals surface area (Å²) in [7, 11) is 0. The van der Waals surface area contributed by atoms with Gasteiger partial charge < -0.3 is 9.84 Å². The first-order chi connectivity index (χ1) is 11.1. The number of rotatable bonds is 5. The van der Waals surface area contributed by atoms with Crippen molar-refractivity contribution in [2.45, 2.75) is 20.0 Å². The van der Waals surface area contributed by atoms with Crippen LogP contribution in [0.2, 0.25) is 0 Å². The van der Waals surface area contributed by atoms with Crippen molar-refractivity contribution in [3.8, 4) is 5.75 Å². The maximum Gasteiger partial charge on any atom is 0.307 e. The number of hydrogen-bond acceptors (Lipinski definition) is 3. The van der Waals surface area contributed by atoms with Crippen molar-refractivity contribution >= 4 is 16.9 Å². The summed E-state index contributed by atoms with van der Waals surface area (Å²) in [5, 5.41) is 10.0. The standard InChI is InChI=1S/C19H17NO3/c1-13-15(11-19(21)22)6-4-8-18(13)23-12-16-10-9-14-5-2-3-7-17(14)20-16/h2-10H,11-12H2,1H3,(H,21,22). The summed E-state index contributed by atoms with van der Waals surface area (Å²) in [6.45, 7) is 2.23. The van der Waals surface area contributed by atoms with Gasteiger partial charge in [-0.2, -0.15) is 0 Å². The van der Waals surface area contributed by atoms with Crippen molar-refractivity contribution in [2.24, 2.45) is 0 Å². The number of fused-ring (bicyclic) bond motifs is 1. The van der Waals surface area contributed by atoms with Crippen LogP contribution < -0.4 is 4.74 Å². The van der Waals surface area contributed by atoms with Gasteiger partial charge in [-0.3, -0.25) is 4.79 Å². The van der Waals surface area contributed by atoms with Gasteiger partial charge in [-0.25, -0.2) is 4.98 Å².